The fraction of sp³-hybridized carbons (Fsp3) is 0.500. The molecule has 7 heteroatoms. The zero-order chi connectivity index (χ0) is 17.4. The lowest BCUT2D eigenvalue weighted by atomic mass is 9.93. The number of halogens is 1. The van der Waals surface area contributed by atoms with E-state index in [9.17, 15) is 19.1 Å². The molecule has 0 bridgehead atoms. The Kier molecular flexibility index (Phi) is 4.49. The van der Waals surface area contributed by atoms with Gasteiger partial charge in [-0.2, -0.15) is 0 Å². The van der Waals surface area contributed by atoms with E-state index in [1.54, 1.807) is 20.8 Å². The van der Waals surface area contributed by atoms with Gasteiger partial charge in [0.15, 0.2) is 0 Å². The van der Waals surface area contributed by atoms with Crippen LogP contribution in [-0.4, -0.2) is 40.8 Å². The minimum Gasteiger partial charge on any atom is -0.508 e. The minimum absolute atomic E-state index is 0.0369. The van der Waals surface area contributed by atoms with Gasteiger partial charge in [-0.05, 0) is 32.9 Å². The Morgan fingerprint density at radius 3 is 2.52 bits per heavy atom. The molecule has 1 atom stereocenters. The van der Waals surface area contributed by atoms with Gasteiger partial charge >= 0.3 is 12.1 Å². The summed E-state index contributed by atoms with van der Waals surface area (Å²) in [5.41, 5.74) is -0.272. The van der Waals surface area contributed by atoms with Crippen molar-refractivity contribution in [3.8, 4) is 5.75 Å². The van der Waals surface area contributed by atoms with Crippen molar-refractivity contribution in [2.45, 2.75) is 45.4 Å². The number of hydrogen-bond acceptors (Lipinski definition) is 5. The van der Waals surface area contributed by atoms with Crippen molar-refractivity contribution < 1.29 is 28.6 Å². The molecule has 1 N–H and O–H groups in total. The number of amides is 1. The summed E-state index contributed by atoms with van der Waals surface area (Å²) in [6.07, 6.45) is -0.772. The maximum atomic E-state index is 14.0. The molecule has 1 aromatic carbocycles. The topological polar surface area (TPSA) is 76.1 Å². The first-order chi connectivity index (χ1) is 10.6. The van der Waals surface area contributed by atoms with E-state index in [1.165, 1.54) is 13.2 Å². The Labute approximate surface area is 133 Å². The SMILES string of the molecule is COC(=O)[C@@H]1Cc2c(O)ccc(F)c2CN1C(=O)OC(C)(C)C. The number of esters is 1. The molecule has 126 valence electrons. The van der Waals surface area contributed by atoms with Gasteiger partial charge in [-0.1, -0.05) is 0 Å². The third-order valence-corrected chi connectivity index (χ3v) is 3.55. The number of nitrogens with zero attached hydrogens (tertiary/aromatic N) is 1. The quantitative estimate of drug-likeness (QED) is 0.802. The van der Waals surface area contributed by atoms with Gasteiger partial charge in [-0.3, -0.25) is 4.90 Å². The van der Waals surface area contributed by atoms with Crippen LogP contribution in [0.15, 0.2) is 12.1 Å². The molecular weight excluding hydrogens is 305 g/mol. The molecular formula is C16H20FNO5. The van der Waals surface area contributed by atoms with Crippen LogP contribution in [0.5, 0.6) is 5.75 Å². The van der Waals surface area contributed by atoms with Crippen LogP contribution in [0.4, 0.5) is 9.18 Å². The van der Waals surface area contributed by atoms with E-state index in [4.69, 9.17) is 9.47 Å². The fourth-order valence-corrected chi connectivity index (χ4v) is 2.49. The molecule has 0 spiro atoms. The fourth-order valence-electron chi connectivity index (χ4n) is 2.49. The number of ether oxygens (including phenoxy) is 2. The number of methoxy groups -OCH3 is 1. The van der Waals surface area contributed by atoms with E-state index in [1.807, 2.05) is 0 Å². The number of phenols is 1. The molecule has 0 saturated heterocycles. The molecule has 1 aliphatic rings. The van der Waals surface area contributed by atoms with Gasteiger partial charge in [0.1, 0.15) is 23.2 Å². The zero-order valence-corrected chi connectivity index (χ0v) is 13.6. The number of fused-ring (bicyclic) bond motifs is 1. The maximum Gasteiger partial charge on any atom is 0.411 e. The van der Waals surface area contributed by atoms with Gasteiger partial charge in [0.2, 0.25) is 0 Å². The van der Waals surface area contributed by atoms with Crippen molar-refractivity contribution in [1.29, 1.82) is 0 Å². The highest BCUT2D eigenvalue weighted by Gasteiger charge is 2.39. The Morgan fingerprint density at radius 1 is 1.30 bits per heavy atom. The van der Waals surface area contributed by atoms with E-state index in [0.29, 0.717) is 5.56 Å². The summed E-state index contributed by atoms with van der Waals surface area (Å²) in [7, 11) is 1.20. The van der Waals surface area contributed by atoms with Crippen molar-refractivity contribution in [3.63, 3.8) is 0 Å². The van der Waals surface area contributed by atoms with E-state index in [-0.39, 0.29) is 24.3 Å². The first kappa shape index (κ1) is 17.1. The minimum atomic E-state index is -0.977. The predicted molar refractivity (Wildman–Crippen MR) is 79.3 cm³/mol. The van der Waals surface area contributed by atoms with Crippen LogP contribution in [0.1, 0.15) is 31.9 Å². The van der Waals surface area contributed by atoms with Crippen LogP contribution in [0.25, 0.3) is 0 Å². The normalized spacial score (nSPS) is 17.4. The third kappa shape index (κ3) is 3.55. The van der Waals surface area contributed by atoms with Crippen molar-refractivity contribution in [1.82, 2.24) is 4.90 Å². The van der Waals surface area contributed by atoms with Crippen molar-refractivity contribution in [3.05, 3.63) is 29.1 Å². The van der Waals surface area contributed by atoms with Crippen LogP contribution >= 0.6 is 0 Å². The molecule has 2 rings (SSSR count). The molecule has 0 saturated carbocycles. The highest BCUT2D eigenvalue weighted by Crippen LogP contribution is 2.33. The predicted octanol–water partition coefficient (Wildman–Crippen LogP) is 2.37. The lowest BCUT2D eigenvalue weighted by molar-refractivity contribution is -0.147. The van der Waals surface area contributed by atoms with E-state index < -0.39 is 29.5 Å². The monoisotopic (exact) mass is 325 g/mol. The summed E-state index contributed by atoms with van der Waals surface area (Å²) in [5, 5.41) is 9.91. The van der Waals surface area contributed by atoms with Gasteiger partial charge < -0.3 is 14.6 Å². The lowest BCUT2D eigenvalue weighted by Crippen LogP contribution is -2.50. The third-order valence-electron chi connectivity index (χ3n) is 3.55. The number of phenolic OH excluding ortho intramolecular Hbond substituents is 1. The smallest absolute Gasteiger partial charge is 0.411 e. The van der Waals surface area contributed by atoms with Crippen LogP contribution in [-0.2, 0) is 27.2 Å². The number of rotatable bonds is 1. The van der Waals surface area contributed by atoms with Crippen LogP contribution < -0.4 is 0 Å². The summed E-state index contributed by atoms with van der Waals surface area (Å²) < 4.78 is 24.0. The Hall–Kier alpha value is -2.31. The zero-order valence-electron chi connectivity index (χ0n) is 13.6. The summed E-state index contributed by atoms with van der Waals surface area (Å²) in [5.74, 6) is -1.31. The lowest BCUT2D eigenvalue weighted by Gasteiger charge is -2.36. The highest BCUT2D eigenvalue weighted by molar-refractivity contribution is 5.82. The maximum absolute atomic E-state index is 14.0. The second-order valence-electron chi connectivity index (χ2n) is 6.37. The number of aromatic hydroxyl groups is 1. The number of hydrogen-bond donors (Lipinski definition) is 1. The number of carbonyl (C=O) groups is 2. The second-order valence-corrected chi connectivity index (χ2v) is 6.37. The average molecular weight is 325 g/mol. The van der Waals surface area contributed by atoms with Gasteiger partial charge in [0.25, 0.3) is 0 Å². The highest BCUT2D eigenvalue weighted by atomic mass is 19.1. The van der Waals surface area contributed by atoms with Gasteiger partial charge in [-0.15, -0.1) is 0 Å². The average Bonchev–Trinajstić information content (AvgIpc) is 2.47. The first-order valence-electron chi connectivity index (χ1n) is 7.20. The molecule has 6 nitrogen and oxygen atoms in total. The Balaban J connectivity index is 2.41. The largest absolute Gasteiger partial charge is 0.508 e. The summed E-state index contributed by atoms with van der Waals surface area (Å²) in [4.78, 5) is 25.5. The Bertz CT molecular complexity index is 638. The second kappa shape index (κ2) is 6.06. The summed E-state index contributed by atoms with van der Waals surface area (Å²) in [6.45, 7) is 4.91. The molecule has 1 amide bonds. The van der Waals surface area contributed by atoms with E-state index in [0.717, 1.165) is 11.0 Å². The molecule has 0 unspecified atom stereocenters. The molecule has 0 aromatic heterocycles. The summed E-state index contributed by atoms with van der Waals surface area (Å²) >= 11 is 0. The van der Waals surface area contributed by atoms with Gasteiger partial charge in [-0.25, -0.2) is 14.0 Å². The first-order valence-corrected chi connectivity index (χ1v) is 7.20. The molecule has 0 aliphatic carbocycles. The molecule has 23 heavy (non-hydrogen) atoms. The molecule has 0 radical (unpaired) electrons. The molecule has 1 heterocycles. The Morgan fingerprint density at radius 2 is 1.96 bits per heavy atom. The van der Waals surface area contributed by atoms with Gasteiger partial charge in [0, 0.05) is 17.5 Å². The van der Waals surface area contributed by atoms with E-state index >= 15 is 0 Å². The van der Waals surface area contributed by atoms with Crippen molar-refractivity contribution in [2.75, 3.05) is 7.11 Å². The molecule has 0 fully saturated rings. The number of benzene rings is 1. The van der Waals surface area contributed by atoms with E-state index in [2.05, 4.69) is 0 Å². The van der Waals surface area contributed by atoms with Crippen molar-refractivity contribution >= 4 is 12.1 Å². The molecule has 1 aromatic rings. The molecule has 1 aliphatic heterocycles. The standard InChI is InChI=1S/C16H20FNO5/c1-16(2,3)23-15(21)18-8-10-9(7-12(18)14(20)22-4)13(19)6-5-11(10)17/h5-6,12,19H,7-8H2,1-4H3/t12-/m0/s1. The summed E-state index contributed by atoms with van der Waals surface area (Å²) in [6, 6.07) is 1.38. The van der Waals surface area contributed by atoms with Crippen LogP contribution in [0, 0.1) is 5.82 Å². The van der Waals surface area contributed by atoms with Crippen LogP contribution in [0.3, 0.4) is 0 Å². The van der Waals surface area contributed by atoms with Crippen LogP contribution in [0.2, 0.25) is 0 Å². The van der Waals surface area contributed by atoms with Gasteiger partial charge in [0.05, 0.1) is 13.7 Å². The van der Waals surface area contributed by atoms with Crippen molar-refractivity contribution in [2.24, 2.45) is 0 Å². The number of carbonyl (C=O) groups excluding carboxylic acids is 2.